The van der Waals surface area contributed by atoms with Crippen LogP contribution in [0.4, 0.5) is 14.7 Å². The molecule has 1 aromatic heterocycles. The molecule has 1 aliphatic heterocycles. The van der Waals surface area contributed by atoms with Crippen molar-refractivity contribution in [1.29, 1.82) is 0 Å². The Bertz CT molecular complexity index is 791. The van der Waals surface area contributed by atoms with Gasteiger partial charge in [-0.3, -0.25) is 4.79 Å². The molecule has 1 aliphatic rings. The van der Waals surface area contributed by atoms with E-state index in [1.54, 1.807) is 0 Å². The Labute approximate surface area is 151 Å². The molecular formula is C19H22F2N4O. The first-order valence-corrected chi connectivity index (χ1v) is 8.81. The van der Waals surface area contributed by atoms with Gasteiger partial charge < -0.3 is 10.2 Å². The van der Waals surface area contributed by atoms with Crippen LogP contribution in [-0.4, -0.2) is 29.0 Å². The molecule has 1 N–H and O–H groups in total. The lowest BCUT2D eigenvalue weighted by Gasteiger charge is -2.27. The fourth-order valence-corrected chi connectivity index (χ4v) is 3.03. The van der Waals surface area contributed by atoms with Crippen LogP contribution in [0.1, 0.15) is 36.2 Å². The van der Waals surface area contributed by atoms with E-state index in [9.17, 15) is 13.6 Å². The second-order valence-electron chi connectivity index (χ2n) is 6.54. The third-order valence-electron chi connectivity index (χ3n) is 4.37. The van der Waals surface area contributed by atoms with Gasteiger partial charge in [-0.25, -0.2) is 18.7 Å². The number of aryl methyl sites for hydroxylation is 1. The number of piperidine rings is 1. The molecule has 0 radical (unpaired) electrons. The van der Waals surface area contributed by atoms with Crippen LogP contribution in [0, 0.1) is 18.6 Å². The third-order valence-corrected chi connectivity index (χ3v) is 4.37. The number of benzene rings is 1. The lowest BCUT2D eigenvalue weighted by Crippen LogP contribution is -2.32. The summed E-state index contributed by atoms with van der Waals surface area (Å²) in [5.74, 6) is -1.02. The summed E-state index contributed by atoms with van der Waals surface area (Å²) >= 11 is 0. The number of aromatic nitrogens is 2. The standard InChI is InChI=1S/C19H22F2N4O/c1-13-9-16(24-19(23-13)25-7-3-2-4-8-25)12-22-18(26)10-14-5-6-15(20)11-17(14)21/h5-6,9,11H,2-4,7-8,10,12H2,1H3,(H,22,26). The Kier molecular flexibility index (Phi) is 5.75. The molecule has 3 rings (SSSR count). The zero-order valence-corrected chi connectivity index (χ0v) is 14.8. The molecule has 0 saturated carbocycles. The van der Waals surface area contributed by atoms with Crippen molar-refractivity contribution in [2.24, 2.45) is 0 Å². The van der Waals surface area contributed by atoms with Gasteiger partial charge in [-0.15, -0.1) is 0 Å². The van der Waals surface area contributed by atoms with E-state index in [4.69, 9.17) is 0 Å². The van der Waals surface area contributed by atoms with Gasteiger partial charge in [0.25, 0.3) is 0 Å². The van der Waals surface area contributed by atoms with Crippen molar-refractivity contribution in [1.82, 2.24) is 15.3 Å². The van der Waals surface area contributed by atoms with Gasteiger partial charge in [-0.05, 0) is 43.9 Å². The summed E-state index contributed by atoms with van der Waals surface area (Å²) in [5, 5.41) is 2.74. The number of nitrogens with one attached hydrogen (secondary N) is 1. The Hall–Kier alpha value is -2.57. The molecule has 1 saturated heterocycles. The van der Waals surface area contributed by atoms with E-state index in [-0.39, 0.29) is 24.4 Å². The summed E-state index contributed by atoms with van der Waals surface area (Å²) in [4.78, 5) is 23.3. The molecule has 0 atom stereocenters. The molecule has 0 bridgehead atoms. The van der Waals surface area contributed by atoms with E-state index in [1.165, 1.54) is 12.5 Å². The average Bonchev–Trinajstić information content (AvgIpc) is 2.63. The van der Waals surface area contributed by atoms with Crippen LogP contribution in [0.3, 0.4) is 0 Å². The molecule has 2 aromatic rings. The van der Waals surface area contributed by atoms with E-state index < -0.39 is 11.6 Å². The number of carbonyl (C=O) groups is 1. The number of rotatable bonds is 5. The van der Waals surface area contributed by atoms with Gasteiger partial charge in [-0.2, -0.15) is 0 Å². The lowest BCUT2D eigenvalue weighted by molar-refractivity contribution is -0.120. The van der Waals surface area contributed by atoms with E-state index in [2.05, 4.69) is 20.2 Å². The summed E-state index contributed by atoms with van der Waals surface area (Å²) in [7, 11) is 0. The second kappa shape index (κ2) is 8.21. The highest BCUT2D eigenvalue weighted by molar-refractivity contribution is 5.78. The molecule has 26 heavy (non-hydrogen) atoms. The number of anilines is 1. The van der Waals surface area contributed by atoms with Crippen LogP contribution >= 0.6 is 0 Å². The second-order valence-corrected chi connectivity index (χ2v) is 6.54. The van der Waals surface area contributed by atoms with Gasteiger partial charge in [0.05, 0.1) is 18.7 Å². The highest BCUT2D eigenvalue weighted by Crippen LogP contribution is 2.17. The maximum Gasteiger partial charge on any atom is 0.225 e. The minimum Gasteiger partial charge on any atom is -0.350 e. The first-order chi connectivity index (χ1) is 12.5. The largest absolute Gasteiger partial charge is 0.350 e. The number of carbonyl (C=O) groups excluding carboxylic acids is 1. The van der Waals surface area contributed by atoms with Crippen LogP contribution < -0.4 is 10.2 Å². The van der Waals surface area contributed by atoms with Crippen molar-refractivity contribution in [2.45, 2.75) is 39.2 Å². The number of amides is 1. The Morgan fingerprint density at radius 1 is 1.15 bits per heavy atom. The number of nitrogens with zero attached hydrogens (tertiary/aromatic N) is 3. The third kappa shape index (κ3) is 4.74. The smallest absolute Gasteiger partial charge is 0.225 e. The summed E-state index contributed by atoms with van der Waals surface area (Å²) in [6, 6.07) is 5.03. The fourth-order valence-electron chi connectivity index (χ4n) is 3.03. The molecule has 138 valence electrons. The zero-order chi connectivity index (χ0) is 18.5. The SMILES string of the molecule is Cc1cc(CNC(=O)Cc2ccc(F)cc2F)nc(N2CCCCC2)n1. The van der Waals surface area contributed by atoms with Crippen LogP contribution in [0.25, 0.3) is 0 Å². The molecule has 7 heteroatoms. The monoisotopic (exact) mass is 360 g/mol. The first-order valence-electron chi connectivity index (χ1n) is 8.81. The maximum absolute atomic E-state index is 13.6. The first kappa shape index (κ1) is 18.2. The van der Waals surface area contributed by atoms with Crippen LogP contribution in [-0.2, 0) is 17.8 Å². The van der Waals surface area contributed by atoms with Crippen LogP contribution in [0.15, 0.2) is 24.3 Å². The summed E-state index contributed by atoms with van der Waals surface area (Å²) in [6.07, 6.45) is 3.35. The molecule has 1 aromatic carbocycles. The van der Waals surface area contributed by atoms with Gasteiger partial charge in [-0.1, -0.05) is 6.07 Å². The minimum absolute atomic E-state index is 0.144. The molecule has 0 spiro atoms. The molecule has 2 heterocycles. The van der Waals surface area contributed by atoms with Gasteiger partial charge >= 0.3 is 0 Å². The highest BCUT2D eigenvalue weighted by atomic mass is 19.1. The Morgan fingerprint density at radius 3 is 2.65 bits per heavy atom. The van der Waals surface area contributed by atoms with Crippen LogP contribution in [0.2, 0.25) is 0 Å². The normalized spacial score (nSPS) is 14.3. The molecule has 1 fully saturated rings. The van der Waals surface area contributed by atoms with E-state index in [0.29, 0.717) is 11.6 Å². The Balaban J connectivity index is 1.61. The number of halogens is 2. The van der Waals surface area contributed by atoms with Crippen molar-refractivity contribution < 1.29 is 13.6 Å². The van der Waals surface area contributed by atoms with Crippen molar-refractivity contribution >= 4 is 11.9 Å². The lowest BCUT2D eigenvalue weighted by atomic mass is 10.1. The van der Waals surface area contributed by atoms with Crippen molar-refractivity contribution in [3.8, 4) is 0 Å². The number of hydrogen-bond donors (Lipinski definition) is 1. The van der Waals surface area contributed by atoms with Gasteiger partial charge in [0.15, 0.2) is 0 Å². The van der Waals surface area contributed by atoms with Crippen molar-refractivity contribution in [3.63, 3.8) is 0 Å². The minimum atomic E-state index is -0.717. The molecule has 0 aliphatic carbocycles. The van der Waals surface area contributed by atoms with E-state index in [0.717, 1.165) is 43.8 Å². The predicted molar refractivity (Wildman–Crippen MR) is 94.7 cm³/mol. The van der Waals surface area contributed by atoms with Gasteiger partial charge in [0, 0.05) is 24.8 Å². The van der Waals surface area contributed by atoms with Gasteiger partial charge in [0.1, 0.15) is 11.6 Å². The highest BCUT2D eigenvalue weighted by Gasteiger charge is 2.15. The van der Waals surface area contributed by atoms with E-state index >= 15 is 0 Å². The molecular weight excluding hydrogens is 338 g/mol. The van der Waals surface area contributed by atoms with Crippen molar-refractivity contribution in [3.05, 3.63) is 52.9 Å². The topological polar surface area (TPSA) is 58.1 Å². The average molecular weight is 360 g/mol. The number of hydrogen-bond acceptors (Lipinski definition) is 4. The van der Waals surface area contributed by atoms with Crippen LogP contribution in [0.5, 0.6) is 0 Å². The molecule has 5 nitrogen and oxygen atoms in total. The summed E-state index contributed by atoms with van der Waals surface area (Å²) in [5.41, 5.74) is 1.72. The quantitative estimate of drug-likeness (QED) is 0.891. The van der Waals surface area contributed by atoms with E-state index in [1.807, 2.05) is 13.0 Å². The molecule has 1 amide bonds. The zero-order valence-electron chi connectivity index (χ0n) is 14.8. The molecule has 0 unspecified atom stereocenters. The Morgan fingerprint density at radius 2 is 1.92 bits per heavy atom. The fraction of sp³-hybridized carbons (Fsp3) is 0.421. The van der Waals surface area contributed by atoms with Crippen molar-refractivity contribution in [2.75, 3.05) is 18.0 Å². The summed E-state index contributed by atoms with van der Waals surface area (Å²) in [6.45, 7) is 4.03. The summed E-state index contributed by atoms with van der Waals surface area (Å²) < 4.78 is 26.6. The van der Waals surface area contributed by atoms with Gasteiger partial charge in [0.2, 0.25) is 11.9 Å². The predicted octanol–water partition coefficient (Wildman–Crippen LogP) is 2.91. The maximum atomic E-state index is 13.6.